The quantitative estimate of drug-likeness (QED) is 0.888. The summed E-state index contributed by atoms with van der Waals surface area (Å²) in [6, 6.07) is 5.70. The van der Waals surface area contributed by atoms with Crippen LogP contribution >= 0.6 is 11.6 Å². The van der Waals surface area contributed by atoms with Crippen molar-refractivity contribution < 1.29 is 5.11 Å². The lowest BCUT2D eigenvalue weighted by molar-refractivity contribution is 0.282. The van der Waals surface area contributed by atoms with Crippen LogP contribution in [0.2, 0.25) is 5.02 Å². The molecule has 1 heterocycles. The molecule has 1 aliphatic rings. The van der Waals surface area contributed by atoms with Crippen molar-refractivity contribution in [2.45, 2.75) is 19.4 Å². The molecule has 0 saturated carbocycles. The van der Waals surface area contributed by atoms with E-state index in [0.29, 0.717) is 5.02 Å². The maximum Gasteiger partial charge on any atom is 0.0702 e. The van der Waals surface area contributed by atoms with E-state index in [1.807, 2.05) is 18.2 Å². The normalized spacial score (nSPS) is 16.2. The lowest BCUT2D eigenvalue weighted by Gasteiger charge is -2.25. The topological polar surface area (TPSA) is 26.7 Å². The van der Waals surface area contributed by atoms with E-state index in [2.05, 4.69) is 16.8 Å². The summed E-state index contributed by atoms with van der Waals surface area (Å²) in [5, 5.41) is 10.1. The van der Waals surface area contributed by atoms with Gasteiger partial charge in [0.05, 0.1) is 6.61 Å². The van der Waals surface area contributed by atoms with Crippen LogP contribution in [0.4, 0.5) is 5.69 Å². The van der Waals surface area contributed by atoms with Gasteiger partial charge in [-0.2, -0.15) is 0 Å². The van der Waals surface area contributed by atoms with Gasteiger partial charge in [0.15, 0.2) is 0 Å². The summed E-state index contributed by atoms with van der Waals surface area (Å²) in [6.45, 7) is 4.55. The van der Waals surface area contributed by atoms with Gasteiger partial charge in [0, 0.05) is 36.4 Å². The van der Waals surface area contributed by atoms with Gasteiger partial charge in [-0.25, -0.2) is 0 Å². The molecule has 4 heteroatoms. The van der Waals surface area contributed by atoms with Crippen molar-refractivity contribution in [1.82, 2.24) is 4.90 Å². The van der Waals surface area contributed by atoms with E-state index < -0.39 is 0 Å². The zero-order chi connectivity index (χ0) is 13.0. The molecule has 1 N–H and O–H groups in total. The Morgan fingerprint density at radius 2 is 2.06 bits per heavy atom. The number of hydrogen-bond acceptors (Lipinski definition) is 3. The highest BCUT2D eigenvalue weighted by atomic mass is 35.5. The van der Waals surface area contributed by atoms with Crippen LogP contribution in [-0.4, -0.2) is 43.2 Å². The van der Waals surface area contributed by atoms with Gasteiger partial charge >= 0.3 is 0 Å². The monoisotopic (exact) mass is 268 g/mol. The van der Waals surface area contributed by atoms with Crippen LogP contribution in [-0.2, 0) is 6.61 Å². The fourth-order valence-electron chi connectivity index (χ4n) is 2.47. The molecule has 2 rings (SSSR count). The van der Waals surface area contributed by atoms with Gasteiger partial charge in [0.2, 0.25) is 0 Å². The second-order valence-corrected chi connectivity index (χ2v) is 5.34. The fraction of sp³-hybridized carbons (Fsp3) is 0.571. The van der Waals surface area contributed by atoms with Crippen molar-refractivity contribution in [2.24, 2.45) is 0 Å². The molecule has 0 radical (unpaired) electrons. The van der Waals surface area contributed by atoms with Gasteiger partial charge < -0.3 is 14.9 Å². The average Bonchev–Trinajstić information content (AvgIpc) is 2.88. The number of benzene rings is 1. The van der Waals surface area contributed by atoms with E-state index in [0.717, 1.165) is 24.3 Å². The van der Waals surface area contributed by atoms with Crippen molar-refractivity contribution in [1.29, 1.82) is 0 Å². The first-order chi connectivity index (χ1) is 8.70. The number of hydrogen-bond donors (Lipinski definition) is 1. The molecule has 0 bridgehead atoms. The van der Waals surface area contributed by atoms with Crippen LogP contribution in [0.1, 0.15) is 18.4 Å². The maximum atomic E-state index is 9.38. The van der Waals surface area contributed by atoms with Crippen molar-refractivity contribution >= 4 is 17.3 Å². The van der Waals surface area contributed by atoms with E-state index in [4.69, 9.17) is 11.6 Å². The van der Waals surface area contributed by atoms with Crippen molar-refractivity contribution in [3.05, 3.63) is 28.8 Å². The second kappa shape index (κ2) is 6.41. The van der Waals surface area contributed by atoms with E-state index >= 15 is 0 Å². The Labute approximate surface area is 114 Å². The van der Waals surface area contributed by atoms with Crippen LogP contribution in [0.5, 0.6) is 0 Å². The molecule has 1 aromatic carbocycles. The third kappa shape index (κ3) is 3.37. The Morgan fingerprint density at radius 1 is 1.33 bits per heavy atom. The Morgan fingerprint density at radius 3 is 2.72 bits per heavy atom. The minimum atomic E-state index is 0.0317. The molecule has 0 spiro atoms. The summed E-state index contributed by atoms with van der Waals surface area (Å²) in [7, 11) is 2.07. The number of rotatable bonds is 5. The van der Waals surface area contributed by atoms with Gasteiger partial charge in [-0.15, -0.1) is 0 Å². The summed E-state index contributed by atoms with van der Waals surface area (Å²) in [5.41, 5.74) is 1.97. The summed E-state index contributed by atoms with van der Waals surface area (Å²) in [6.07, 6.45) is 2.65. The molecule has 0 aromatic heterocycles. The standard InChI is InChI=1S/C14H21ClN2O/c1-16(8-9-17-6-2-3-7-17)14-5-4-13(15)10-12(14)11-18/h4-5,10,18H,2-3,6-9,11H2,1H3. The number of aliphatic hydroxyl groups is 1. The average molecular weight is 269 g/mol. The Hall–Kier alpha value is -0.770. The number of halogens is 1. The molecular weight excluding hydrogens is 248 g/mol. The molecule has 0 aliphatic carbocycles. The van der Waals surface area contributed by atoms with Crippen molar-refractivity contribution in [3.63, 3.8) is 0 Å². The van der Waals surface area contributed by atoms with Crippen LogP contribution in [0, 0.1) is 0 Å². The highest BCUT2D eigenvalue weighted by molar-refractivity contribution is 6.30. The number of likely N-dealkylation sites (tertiary alicyclic amines) is 1. The lowest BCUT2D eigenvalue weighted by atomic mass is 10.1. The first-order valence-corrected chi connectivity index (χ1v) is 6.91. The predicted molar refractivity (Wildman–Crippen MR) is 76.3 cm³/mol. The summed E-state index contributed by atoms with van der Waals surface area (Å²) in [5.74, 6) is 0. The highest BCUT2D eigenvalue weighted by Crippen LogP contribution is 2.23. The van der Waals surface area contributed by atoms with E-state index in [-0.39, 0.29) is 6.61 Å². The molecule has 0 unspecified atom stereocenters. The first kappa shape index (κ1) is 13.7. The number of anilines is 1. The second-order valence-electron chi connectivity index (χ2n) is 4.90. The maximum absolute atomic E-state index is 9.38. The highest BCUT2D eigenvalue weighted by Gasteiger charge is 2.13. The minimum absolute atomic E-state index is 0.0317. The molecular formula is C14H21ClN2O. The summed E-state index contributed by atoms with van der Waals surface area (Å²) >= 11 is 5.94. The fourth-order valence-corrected chi connectivity index (χ4v) is 2.67. The Balaban J connectivity index is 1.96. The molecule has 18 heavy (non-hydrogen) atoms. The van der Waals surface area contributed by atoms with Gasteiger partial charge in [0.1, 0.15) is 0 Å². The van der Waals surface area contributed by atoms with Crippen LogP contribution in [0.25, 0.3) is 0 Å². The van der Waals surface area contributed by atoms with Gasteiger partial charge in [0.25, 0.3) is 0 Å². The van der Waals surface area contributed by atoms with Crippen LogP contribution in [0.15, 0.2) is 18.2 Å². The third-order valence-corrected chi connectivity index (χ3v) is 3.81. The molecule has 0 amide bonds. The molecule has 0 atom stereocenters. The molecule has 1 aromatic rings. The zero-order valence-corrected chi connectivity index (χ0v) is 11.7. The smallest absolute Gasteiger partial charge is 0.0702 e. The zero-order valence-electron chi connectivity index (χ0n) is 10.9. The van der Waals surface area contributed by atoms with Gasteiger partial charge in [-0.05, 0) is 44.1 Å². The summed E-state index contributed by atoms with van der Waals surface area (Å²) < 4.78 is 0. The van der Waals surface area contributed by atoms with E-state index in [9.17, 15) is 5.11 Å². The van der Waals surface area contributed by atoms with Crippen molar-refractivity contribution in [3.8, 4) is 0 Å². The number of aliphatic hydroxyl groups excluding tert-OH is 1. The molecule has 1 saturated heterocycles. The Bertz CT molecular complexity index is 391. The predicted octanol–water partition coefficient (Wildman–Crippen LogP) is 2.36. The van der Waals surface area contributed by atoms with Crippen LogP contribution < -0.4 is 4.90 Å². The Kier molecular flexibility index (Phi) is 4.87. The lowest BCUT2D eigenvalue weighted by Crippen LogP contribution is -2.31. The van der Waals surface area contributed by atoms with Crippen LogP contribution in [0.3, 0.4) is 0 Å². The van der Waals surface area contributed by atoms with Gasteiger partial charge in [-0.3, -0.25) is 0 Å². The number of nitrogens with zero attached hydrogens (tertiary/aromatic N) is 2. The van der Waals surface area contributed by atoms with Crippen molar-refractivity contribution in [2.75, 3.05) is 38.1 Å². The largest absolute Gasteiger partial charge is 0.392 e. The first-order valence-electron chi connectivity index (χ1n) is 6.53. The SMILES string of the molecule is CN(CCN1CCCC1)c1ccc(Cl)cc1CO. The van der Waals surface area contributed by atoms with E-state index in [1.165, 1.54) is 25.9 Å². The van der Waals surface area contributed by atoms with E-state index in [1.54, 1.807) is 0 Å². The van der Waals surface area contributed by atoms with Gasteiger partial charge in [-0.1, -0.05) is 11.6 Å². The molecule has 3 nitrogen and oxygen atoms in total. The molecule has 1 aliphatic heterocycles. The molecule has 1 fully saturated rings. The third-order valence-electron chi connectivity index (χ3n) is 3.57. The summed E-state index contributed by atoms with van der Waals surface area (Å²) in [4.78, 5) is 4.69. The number of likely N-dealkylation sites (N-methyl/N-ethyl adjacent to an activating group) is 1. The minimum Gasteiger partial charge on any atom is -0.392 e. The molecule has 100 valence electrons.